The van der Waals surface area contributed by atoms with Gasteiger partial charge >= 0.3 is 6.18 Å². The third-order valence-electron chi connectivity index (χ3n) is 1.34. The van der Waals surface area contributed by atoms with Gasteiger partial charge in [-0.25, -0.2) is 4.39 Å². The van der Waals surface area contributed by atoms with Gasteiger partial charge in [0.05, 0.1) is 14.2 Å². The Hall–Kier alpha value is -0.0400. The zero-order valence-corrected chi connectivity index (χ0v) is 8.84. The lowest BCUT2D eigenvalue weighted by Gasteiger charge is -2.09. The van der Waals surface area contributed by atoms with Gasteiger partial charge < -0.3 is 0 Å². The van der Waals surface area contributed by atoms with E-state index in [4.69, 9.17) is 11.6 Å². The summed E-state index contributed by atoms with van der Waals surface area (Å²) in [5.74, 6) is -1.03. The molecule has 0 atom stereocenters. The predicted octanol–water partition coefficient (Wildman–Crippen LogP) is 4.10. The molecule has 1 aromatic rings. The van der Waals surface area contributed by atoms with Crippen LogP contribution in [-0.4, -0.2) is 0 Å². The van der Waals surface area contributed by atoms with Crippen molar-refractivity contribution in [3.8, 4) is 0 Å². The molecule has 0 bridgehead atoms. The first-order valence-corrected chi connectivity index (χ1v) is 4.50. The standard InChI is InChI=1S/C7H2ClF4I/c8-5-3(7(10,11)12)1-2-4(13)6(5)9/h1-2H. The molecule has 72 valence electrons. The molecule has 0 radical (unpaired) electrons. The largest absolute Gasteiger partial charge is 0.417 e. The minimum atomic E-state index is -4.61. The van der Waals surface area contributed by atoms with Crippen LogP contribution in [0.5, 0.6) is 0 Å². The Morgan fingerprint density at radius 3 is 2.23 bits per heavy atom. The number of hydrogen-bond donors (Lipinski definition) is 0. The van der Waals surface area contributed by atoms with Gasteiger partial charge in [-0.2, -0.15) is 13.2 Å². The molecule has 0 aliphatic carbocycles. The first-order valence-electron chi connectivity index (χ1n) is 3.04. The van der Waals surface area contributed by atoms with Crippen LogP contribution in [-0.2, 0) is 6.18 Å². The van der Waals surface area contributed by atoms with E-state index in [1.54, 1.807) is 22.6 Å². The second kappa shape index (κ2) is 3.61. The summed E-state index contributed by atoms with van der Waals surface area (Å²) in [6.07, 6.45) is -4.61. The van der Waals surface area contributed by atoms with Gasteiger partial charge in [-0.15, -0.1) is 0 Å². The van der Waals surface area contributed by atoms with Crippen molar-refractivity contribution in [1.29, 1.82) is 0 Å². The summed E-state index contributed by atoms with van der Waals surface area (Å²) in [4.78, 5) is 0. The van der Waals surface area contributed by atoms with E-state index >= 15 is 0 Å². The average Bonchev–Trinajstić information content (AvgIpc) is 1.98. The Balaban J connectivity index is 3.35. The van der Waals surface area contributed by atoms with Crippen LogP contribution >= 0.6 is 34.2 Å². The van der Waals surface area contributed by atoms with Crippen molar-refractivity contribution in [3.05, 3.63) is 32.1 Å². The molecule has 0 fully saturated rings. The van der Waals surface area contributed by atoms with E-state index in [1.807, 2.05) is 0 Å². The predicted molar refractivity (Wildman–Crippen MR) is 49.1 cm³/mol. The smallest absolute Gasteiger partial charge is 0.204 e. The van der Waals surface area contributed by atoms with Crippen LogP contribution in [0.2, 0.25) is 5.02 Å². The lowest BCUT2D eigenvalue weighted by atomic mass is 10.2. The molecule has 0 heterocycles. The lowest BCUT2D eigenvalue weighted by molar-refractivity contribution is -0.137. The van der Waals surface area contributed by atoms with Gasteiger partial charge in [-0.3, -0.25) is 0 Å². The number of rotatable bonds is 0. The molecule has 0 nitrogen and oxygen atoms in total. The van der Waals surface area contributed by atoms with Gasteiger partial charge in [0.15, 0.2) is 5.82 Å². The molecule has 0 saturated carbocycles. The SMILES string of the molecule is Fc1c(I)ccc(C(F)(F)F)c1Cl. The maximum absolute atomic E-state index is 12.9. The van der Waals surface area contributed by atoms with Crippen LogP contribution in [0.25, 0.3) is 0 Å². The molecule has 1 rings (SSSR count). The molecule has 0 aromatic heterocycles. The number of benzene rings is 1. The summed E-state index contributed by atoms with van der Waals surface area (Å²) in [5, 5.41) is -0.876. The van der Waals surface area contributed by atoms with Crippen molar-refractivity contribution in [2.45, 2.75) is 6.18 Å². The normalized spacial score (nSPS) is 11.8. The number of alkyl halides is 3. The molecule has 6 heteroatoms. The van der Waals surface area contributed by atoms with Gasteiger partial charge in [0.1, 0.15) is 0 Å². The molecular formula is C7H2ClF4I. The van der Waals surface area contributed by atoms with Crippen molar-refractivity contribution < 1.29 is 17.6 Å². The molecule has 0 amide bonds. The number of hydrogen-bond acceptors (Lipinski definition) is 0. The Labute approximate surface area is 90.0 Å². The van der Waals surface area contributed by atoms with E-state index in [0.29, 0.717) is 0 Å². The maximum atomic E-state index is 12.9. The van der Waals surface area contributed by atoms with E-state index < -0.39 is 22.6 Å². The van der Waals surface area contributed by atoms with Crippen molar-refractivity contribution >= 4 is 34.2 Å². The van der Waals surface area contributed by atoms with E-state index in [9.17, 15) is 17.6 Å². The summed E-state index contributed by atoms with van der Waals surface area (Å²) >= 11 is 6.75. The molecule has 13 heavy (non-hydrogen) atoms. The fourth-order valence-electron chi connectivity index (χ4n) is 0.745. The van der Waals surface area contributed by atoms with Crippen molar-refractivity contribution in [1.82, 2.24) is 0 Å². The molecule has 0 unspecified atom stereocenters. The fraction of sp³-hybridized carbons (Fsp3) is 0.143. The average molecular weight is 324 g/mol. The summed E-state index contributed by atoms with van der Waals surface area (Å²) in [7, 11) is 0. The Morgan fingerprint density at radius 2 is 1.77 bits per heavy atom. The van der Waals surface area contributed by atoms with E-state index in [-0.39, 0.29) is 3.57 Å². The molecule has 1 aromatic carbocycles. The Kier molecular flexibility index (Phi) is 3.06. The molecule has 0 N–H and O–H groups in total. The van der Waals surface area contributed by atoms with Crippen molar-refractivity contribution in [3.63, 3.8) is 0 Å². The zero-order chi connectivity index (χ0) is 10.2. The summed E-state index contributed by atoms with van der Waals surface area (Å²) < 4.78 is 49.3. The first-order chi connectivity index (χ1) is 5.84. The van der Waals surface area contributed by atoms with Gasteiger partial charge in [0.2, 0.25) is 0 Å². The maximum Gasteiger partial charge on any atom is 0.417 e. The third kappa shape index (κ3) is 2.25. The highest BCUT2D eigenvalue weighted by atomic mass is 127. The number of halogens is 6. The summed E-state index contributed by atoms with van der Waals surface area (Å²) in [5.41, 5.74) is -1.15. The second-order valence-corrected chi connectivity index (χ2v) is 3.76. The highest BCUT2D eigenvalue weighted by molar-refractivity contribution is 14.1. The summed E-state index contributed by atoms with van der Waals surface area (Å²) in [6, 6.07) is 1.79. The summed E-state index contributed by atoms with van der Waals surface area (Å²) in [6.45, 7) is 0. The lowest BCUT2D eigenvalue weighted by Crippen LogP contribution is -2.07. The van der Waals surface area contributed by atoms with Gasteiger partial charge in [-0.05, 0) is 34.7 Å². The van der Waals surface area contributed by atoms with Crippen LogP contribution in [0.4, 0.5) is 17.6 Å². The quantitative estimate of drug-likeness (QED) is 0.383. The Morgan fingerprint density at radius 1 is 1.23 bits per heavy atom. The fourth-order valence-corrected chi connectivity index (χ4v) is 1.63. The molecule has 0 saturated heterocycles. The molecule has 0 spiro atoms. The van der Waals surface area contributed by atoms with E-state index in [0.717, 1.165) is 12.1 Å². The van der Waals surface area contributed by atoms with Crippen LogP contribution in [0.15, 0.2) is 12.1 Å². The minimum Gasteiger partial charge on any atom is -0.204 e. The van der Waals surface area contributed by atoms with Crippen molar-refractivity contribution in [2.75, 3.05) is 0 Å². The first kappa shape index (κ1) is 11.0. The highest BCUT2D eigenvalue weighted by Crippen LogP contribution is 2.36. The monoisotopic (exact) mass is 324 g/mol. The van der Waals surface area contributed by atoms with E-state index in [1.165, 1.54) is 0 Å². The second-order valence-electron chi connectivity index (χ2n) is 2.22. The molecule has 0 aliphatic heterocycles. The zero-order valence-electron chi connectivity index (χ0n) is 5.92. The van der Waals surface area contributed by atoms with Crippen LogP contribution in [0.3, 0.4) is 0 Å². The highest BCUT2D eigenvalue weighted by Gasteiger charge is 2.34. The van der Waals surface area contributed by atoms with Crippen molar-refractivity contribution in [2.24, 2.45) is 0 Å². The van der Waals surface area contributed by atoms with Crippen LogP contribution in [0.1, 0.15) is 5.56 Å². The Bertz CT molecular complexity index is 334. The van der Waals surface area contributed by atoms with Gasteiger partial charge in [0, 0.05) is 0 Å². The minimum absolute atomic E-state index is 0.0654. The third-order valence-corrected chi connectivity index (χ3v) is 2.54. The van der Waals surface area contributed by atoms with Crippen LogP contribution in [0, 0.1) is 9.39 Å². The van der Waals surface area contributed by atoms with Crippen LogP contribution < -0.4 is 0 Å². The topological polar surface area (TPSA) is 0 Å². The van der Waals surface area contributed by atoms with E-state index in [2.05, 4.69) is 0 Å². The molecular weight excluding hydrogens is 322 g/mol. The molecule has 0 aliphatic rings. The van der Waals surface area contributed by atoms with Gasteiger partial charge in [-0.1, -0.05) is 11.6 Å². The van der Waals surface area contributed by atoms with Gasteiger partial charge in [0.25, 0.3) is 0 Å².